The van der Waals surface area contributed by atoms with Gasteiger partial charge in [-0.3, -0.25) is 0 Å². The quantitative estimate of drug-likeness (QED) is 0.842. The van der Waals surface area contributed by atoms with E-state index in [-0.39, 0.29) is 28.4 Å². The predicted molar refractivity (Wildman–Crippen MR) is 61.4 cm³/mol. The van der Waals surface area contributed by atoms with Gasteiger partial charge in [0.1, 0.15) is 6.04 Å². The summed E-state index contributed by atoms with van der Waals surface area (Å²) in [4.78, 5) is 3.90. The molecule has 0 aliphatic carbocycles. The molecular weight excluding hydrogens is 312 g/mol. The molecular formula is C10H8BrF2N3O2. The lowest BCUT2D eigenvalue weighted by atomic mass is 10.2. The molecule has 2 rings (SSSR count). The molecule has 0 aliphatic rings. The van der Waals surface area contributed by atoms with Crippen LogP contribution in [0, 0.1) is 11.6 Å². The van der Waals surface area contributed by atoms with Gasteiger partial charge < -0.3 is 15.4 Å². The van der Waals surface area contributed by atoms with E-state index in [1.165, 1.54) is 6.07 Å². The summed E-state index contributed by atoms with van der Waals surface area (Å²) in [5, 5.41) is 12.4. The van der Waals surface area contributed by atoms with Crippen LogP contribution in [0.5, 0.6) is 0 Å². The maximum atomic E-state index is 13.3. The number of rotatable bonds is 3. The van der Waals surface area contributed by atoms with Gasteiger partial charge in [0, 0.05) is 5.56 Å². The van der Waals surface area contributed by atoms with Gasteiger partial charge in [0.05, 0.1) is 11.1 Å². The molecule has 0 bridgehead atoms. The number of aliphatic hydroxyl groups excluding tert-OH is 1. The van der Waals surface area contributed by atoms with Crippen molar-refractivity contribution in [3.05, 3.63) is 34.1 Å². The van der Waals surface area contributed by atoms with E-state index in [1.54, 1.807) is 0 Å². The second-order valence-electron chi connectivity index (χ2n) is 3.47. The Hall–Kier alpha value is -1.38. The summed E-state index contributed by atoms with van der Waals surface area (Å²) in [7, 11) is 0. The van der Waals surface area contributed by atoms with Crippen LogP contribution in [0.1, 0.15) is 11.9 Å². The van der Waals surface area contributed by atoms with Crippen LogP contribution in [-0.2, 0) is 0 Å². The first kappa shape index (κ1) is 13.1. The smallest absolute Gasteiger partial charge is 0.246 e. The van der Waals surface area contributed by atoms with E-state index in [0.29, 0.717) is 0 Å². The summed E-state index contributed by atoms with van der Waals surface area (Å²) in [6.07, 6.45) is 0. The van der Waals surface area contributed by atoms with Crippen LogP contribution >= 0.6 is 15.9 Å². The van der Waals surface area contributed by atoms with Gasteiger partial charge in [0.15, 0.2) is 11.6 Å². The van der Waals surface area contributed by atoms with Crippen molar-refractivity contribution >= 4 is 15.9 Å². The third-order valence-electron chi connectivity index (χ3n) is 2.23. The lowest BCUT2D eigenvalue weighted by molar-refractivity contribution is 0.237. The lowest BCUT2D eigenvalue weighted by Crippen LogP contribution is -2.14. The van der Waals surface area contributed by atoms with Crippen molar-refractivity contribution in [3.63, 3.8) is 0 Å². The highest BCUT2D eigenvalue weighted by Crippen LogP contribution is 2.30. The Morgan fingerprint density at radius 2 is 2.17 bits per heavy atom. The van der Waals surface area contributed by atoms with Gasteiger partial charge in [0.25, 0.3) is 0 Å². The van der Waals surface area contributed by atoms with Crippen LogP contribution in [-0.4, -0.2) is 21.9 Å². The van der Waals surface area contributed by atoms with E-state index in [2.05, 4.69) is 26.1 Å². The highest BCUT2D eigenvalue weighted by atomic mass is 79.9. The summed E-state index contributed by atoms with van der Waals surface area (Å²) < 4.78 is 31.0. The molecule has 1 atom stereocenters. The van der Waals surface area contributed by atoms with Crippen molar-refractivity contribution in [1.29, 1.82) is 0 Å². The van der Waals surface area contributed by atoms with Crippen molar-refractivity contribution in [2.75, 3.05) is 6.61 Å². The Bertz CT molecular complexity index is 576. The van der Waals surface area contributed by atoms with Gasteiger partial charge in [-0.15, -0.1) is 0 Å². The molecule has 0 aliphatic heterocycles. The minimum atomic E-state index is -1.04. The first-order chi connectivity index (χ1) is 8.54. The molecule has 18 heavy (non-hydrogen) atoms. The molecule has 2 aromatic rings. The van der Waals surface area contributed by atoms with E-state index < -0.39 is 17.7 Å². The summed E-state index contributed by atoms with van der Waals surface area (Å²) in [5.41, 5.74) is 5.72. The maximum Gasteiger partial charge on any atom is 0.246 e. The SMILES string of the molecule is N[C@H](CO)c1nc(-c2ccc(F)c(F)c2Br)no1. The standard InChI is InChI=1S/C10H8BrF2N3O2/c11-7-4(1-2-5(12)8(7)13)9-15-10(18-16-9)6(14)3-17/h1-2,6,17H,3,14H2/t6-/m1/s1. The average Bonchev–Trinajstić information content (AvgIpc) is 2.84. The molecule has 5 nitrogen and oxygen atoms in total. The van der Waals surface area contributed by atoms with E-state index in [1.807, 2.05) is 0 Å². The Balaban J connectivity index is 2.43. The molecule has 0 spiro atoms. The molecule has 0 radical (unpaired) electrons. The fraction of sp³-hybridized carbons (Fsp3) is 0.200. The molecule has 0 fully saturated rings. The number of halogens is 3. The number of aliphatic hydroxyl groups is 1. The third-order valence-corrected chi connectivity index (χ3v) is 3.01. The van der Waals surface area contributed by atoms with Crippen LogP contribution < -0.4 is 5.73 Å². The molecule has 0 unspecified atom stereocenters. The van der Waals surface area contributed by atoms with Crippen molar-refractivity contribution in [2.45, 2.75) is 6.04 Å². The minimum absolute atomic E-state index is 0.0177. The predicted octanol–water partition coefficient (Wildman–Crippen LogP) is 1.77. The Morgan fingerprint density at radius 3 is 2.83 bits per heavy atom. The third kappa shape index (κ3) is 2.26. The second kappa shape index (κ2) is 5.09. The lowest BCUT2D eigenvalue weighted by Gasteiger charge is -2.01. The van der Waals surface area contributed by atoms with Gasteiger partial charge in [-0.25, -0.2) is 8.78 Å². The maximum absolute atomic E-state index is 13.3. The Morgan fingerprint density at radius 1 is 1.44 bits per heavy atom. The number of benzene rings is 1. The topological polar surface area (TPSA) is 85.2 Å². The minimum Gasteiger partial charge on any atom is -0.394 e. The van der Waals surface area contributed by atoms with Crippen LogP contribution in [0.2, 0.25) is 0 Å². The number of nitrogens with zero attached hydrogens (tertiary/aromatic N) is 2. The Labute approximate surface area is 109 Å². The first-order valence-electron chi connectivity index (χ1n) is 4.88. The van der Waals surface area contributed by atoms with Crippen molar-refractivity contribution in [3.8, 4) is 11.4 Å². The molecule has 0 saturated heterocycles. The van der Waals surface area contributed by atoms with Crippen LogP contribution in [0.4, 0.5) is 8.78 Å². The van der Waals surface area contributed by atoms with Crippen molar-refractivity contribution in [2.24, 2.45) is 5.73 Å². The van der Waals surface area contributed by atoms with Crippen LogP contribution in [0.3, 0.4) is 0 Å². The zero-order valence-electron chi connectivity index (χ0n) is 8.90. The highest BCUT2D eigenvalue weighted by molar-refractivity contribution is 9.10. The summed E-state index contributed by atoms with van der Waals surface area (Å²) in [6, 6.07) is 1.45. The first-order valence-corrected chi connectivity index (χ1v) is 5.67. The Kier molecular flexibility index (Phi) is 3.69. The molecule has 1 aromatic heterocycles. The molecule has 1 heterocycles. The normalized spacial score (nSPS) is 12.7. The van der Waals surface area contributed by atoms with Gasteiger partial charge in [-0.2, -0.15) is 4.98 Å². The largest absolute Gasteiger partial charge is 0.394 e. The molecule has 96 valence electrons. The summed E-state index contributed by atoms with van der Waals surface area (Å²) in [6.45, 7) is -0.361. The molecule has 8 heteroatoms. The van der Waals surface area contributed by atoms with E-state index in [4.69, 9.17) is 15.4 Å². The second-order valence-corrected chi connectivity index (χ2v) is 4.26. The number of hydrogen-bond acceptors (Lipinski definition) is 5. The monoisotopic (exact) mass is 319 g/mol. The van der Waals surface area contributed by atoms with Gasteiger partial charge >= 0.3 is 0 Å². The summed E-state index contributed by atoms with van der Waals surface area (Å²) in [5.74, 6) is -1.95. The van der Waals surface area contributed by atoms with Crippen molar-refractivity contribution in [1.82, 2.24) is 10.1 Å². The number of hydrogen-bond donors (Lipinski definition) is 2. The van der Waals surface area contributed by atoms with Gasteiger partial charge in [-0.05, 0) is 28.1 Å². The summed E-state index contributed by atoms with van der Waals surface area (Å²) >= 11 is 2.91. The molecule has 1 aromatic carbocycles. The van der Waals surface area contributed by atoms with Crippen LogP contribution in [0.25, 0.3) is 11.4 Å². The fourth-order valence-corrected chi connectivity index (χ4v) is 1.77. The number of nitrogens with two attached hydrogens (primary N) is 1. The highest BCUT2D eigenvalue weighted by Gasteiger charge is 2.19. The molecule has 3 N–H and O–H groups in total. The van der Waals surface area contributed by atoms with E-state index >= 15 is 0 Å². The average molecular weight is 320 g/mol. The zero-order valence-corrected chi connectivity index (χ0v) is 10.5. The van der Waals surface area contributed by atoms with E-state index in [9.17, 15) is 8.78 Å². The number of aromatic nitrogens is 2. The zero-order chi connectivity index (χ0) is 13.3. The fourth-order valence-electron chi connectivity index (χ4n) is 1.27. The van der Waals surface area contributed by atoms with Gasteiger partial charge in [-0.1, -0.05) is 5.16 Å². The van der Waals surface area contributed by atoms with Crippen LogP contribution in [0.15, 0.2) is 21.1 Å². The van der Waals surface area contributed by atoms with Gasteiger partial charge in [0.2, 0.25) is 11.7 Å². The van der Waals surface area contributed by atoms with Crippen molar-refractivity contribution < 1.29 is 18.4 Å². The molecule has 0 amide bonds. The molecule has 0 saturated carbocycles. The van der Waals surface area contributed by atoms with E-state index in [0.717, 1.165) is 6.07 Å².